The lowest BCUT2D eigenvalue weighted by Gasteiger charge is -2.34. The van der Waals surface area contributed by atoms with Gasteiger partial charge < -0.3 is 4.79 Å². The zero-order valence-electron chi connectivity index (χ0n) is 13.7. The molecule has 2 rings (SSSR count). The van der Waals surface area contributed by atoms with Crippen molar-refractivity contribution in [2.75, 3.05) is 0 Å². The SMILES string of the molecule is CC1CCCC(CCCCC2CCCCC2C=O)C1C. The Kier molecular flexibility index (Phi) is 6.58. The summed E-state index contributed by atoms with van der Waals surface area (Å²) in [6.07, 6.45) is 16.2. The van der Waals surface area contributed by atoms with Crippen molar-refractivity contribution in [3.05, 3.63) is 0 Å². The number of hydrogen-bond donors (Lipinski definition) is 0. The van der Waals surface area contributed by atoms with E-state index in [1.807, 2.05) is 0 Å². The van der Waals surface area contributed by atoms with Gasteiger partial charge in [-0.2, -0.15) is 0 Å². The van der Waals surface area contributed by atoms with Crippen LogP contribution >= 0.6 is 0 Å². The Hall–Kier alpha value is -0.330. The van der Waals surface area contributed by atoms with Gasteiger partial charge in [-0.05, 0) is 42.9 Å². The average Bonchev–Trinajstić information content (AvgIpc) is 2.48. The van der Waals surface area contributed by atoms with Crippen LogP contribution in [-0.2, 0) is 4.79 Å². The van der Waals surface area contributed by atoms with Gasteiger partial charge >= 0.3 is 0 Å². The number of hydrogen-bond acceptors (Lipinski definition) is 1. The zero-order chi connectivity index (χ0) is 14.4. The van der Waals surface area contributed by atoms with E-state index in [1.54, 1.807) is 0 Å². The molecule has 0 aromatic rings. The number of unbranched alkanes of at least 4 members (excludes halogenated alkanes) is 1. The van der Waals surface area contributed by atoms with Crippen LogP contribution < -0.4 is 0 Å². The maximum Gasteiger partial charge on any atom is 0.123 e. The monoisotopic (exact) mass is 278 g/mol. The van der Waals surface area contributed by atoms with Crippen LogP contribution in [0.1, 0.15) is 84.5 Å². The summed E-state index contributed by atoms with van der Waals surface area (Å²) in [6, 6.07) is 0. The maximum atomic E-state index is 11.1. The Balaban J connectivity index is 1.64. The molecule has 0 bridgehead atoms. The van der Waals surface area contributed by atoms with Gasteiger partial charge in [0.1, 0.15) is 6.29 Å². The number of rotatable bonds is 6. The second-order valence-corrected chi connectivity index (χ2v) is 7.66. The first kappa shape index (κ1) is 16.0. The summed E-state index contributed by atoms with van der Waals surface area (Å²) in [5, 5.41) is 0. The first-order valence-corrected chi connectivity index (χ1v) is 9.17. The van der Waals surface area contributed by atoms with Crippen molar-refractivity contribution in [3.8, 4) is 0 Å². The van der Waals surface area contributed by atoms with Crippen LogP contribution in [0.3, 0.4) is 0 Å². The van der Waals surface area contributed by atoms with Gasteiger partial charge in [0.15, 0.2) is 0 Å². The van der Waals surface area contributed by atoms with E-state index in [9.17, 15) is 4.79 Å². The number of carbonyl (C=O) groups is 1. The van der Waals surface area contributed by atoms with E-state index in [-0.39, 0.29) is 0 Å². The van der Waals surface area contributed by atoms with Gasteiger partial charge in [-0.3, -0.25) is 0 Å². The Labute approximate surface area is 125 Å². The first-order chi connectivity index (χ1) is 9.72. The summed E-state index contributed by atoms with van der Waals surface area (Å²) in [5.74, 6) is 3.95. The molecule has 2 aliphatic rings. The van der Waals surface area contributed by atoms with Gasteiger partial charge in [-0.25, -0.2) is 0 Å². The highest BCUT2D eigenvalue weighted by molar-refractivity contribution is 5.54. The first-order valence-electron chi connectivity index (χ1n) is 9.17. The third-order valence-corrected chi connectivity index (χ3v) is 6.42. The standard InChI is InChI=1S/C19H34O/c1-15-8-7-13-17(16(15)2)9-3-4-10-18-11-5-6-12-19(18)14-20/h14-19H,3-13H2,1-2H3. The molecule has 2 saturated carbocycles. The van der Waals surface area contributed by atoms with Crippen molar-refractivity contribution in [1.29, 1.82) is 0 Å². The molecule has 116 valence electrons. The van der Waals surface area contributed by atoms with Crippen LogP contribution in [0.2, 0.25) is 0 Å². The van der Waals surface area contributed by atoms with Gasteiger partial charge in [0.25, 0.3) is 0 Å². The van der Waals surface area contributed by atoms with Gasteiger partial charge in [0.05, 0.1) is 0 Å². The third kappa shape index (κ3) is 4.33. The predicted octanol–water partition coefficient (Wildman–Crippen LogP) is 5.62. The van der Waals surface area contributed by atoms with Gasteiger partial charge in [-0.1, -0.05) is 65.2 Å². The Morgan fingerprint density at radius 3 is 2.25 bits per heavy atom. The maximum absolute atomic E-state index is 11.1. The van der Waals surface area contributed by atoms with E-state index >= 15 is 0 Å². The summed E-state index contributed by atoms with van der Waals surface area (Å²) >= 11 is 0. The molecule has 1 nitrogen and oxygen atoms in total. The van der Waals surface area contributed by atoms with Crippen molar-refractivity contribution in [1.82, 2.24) is 0 Å². The molecule has 0 aromatic carbocycles. The van der Waals surface area contributed by atoms with E-state index in [1.165, 1.54) is 70.5 Å². The smallest absolute Gasteiger partial charge is 0.123 e. The fourth-order valence-electron chi connectivity index (χ4n) is 4.69. The minimum atomic E-state index is 0.386. The lowest BCUT2D eigenvalue weighted by Crippen LogP contribution is -2.24. The summed E-state index contributed by atoms with van der Waals surface area (Å²) in [4.78, 5) is 11.1. The van der Waals surface area contributed by atoms with Crippen molar-refractivity contribution in [2.45, 2.75) is 84.5 Å². The second-order valence-electron chi connectivity index (χ2n) is 7.66. The quantitative estimate of drug-likeness (QED) is 0.455. The largest absolute Gasteiger partial charge is 0.303 e. The molecular formula is C19H34O. The van der Waals surface area contributed by atoms with Gasteiger partial charge in [0, 0.05) is 5.92 Å². The molecule has 0 spiro atoms. The zero-order valence-corrected chi connectivity index (χ0v) is 13.7. The molecule has 20 heavy (non-hydrogen) atoms. The molecule has 2 aliphatic carbocycles. The van der Waals surface area contributed by atoms with Crippen LogP contribution in [-0.4, -0.2) is 6.29 Å². The summed E-state index contributed by atoms with van der Waals surface area (Å²) in [6.45, 7) is 4.91. The fraction of sp³-hybridized carbons (Fsp3) is 0.947. The van der Waals surface area contributed by atoms with Crippen LogP contribution in [0.5, 0.6) is 0 Å². The van der Waals surface area contributed by atoms with E-state index in [4.69, 9.17) is 0 Å². The molecule has 5 atom stereocenters. The Morgan fingerprint density at radius 1 is 0.850 bits per heavy atom. The van der Waals surface area contributed by atoms with E-state index < -0.39 is 0 Å². The van der Waals surface area contributed by atoms with E-state index in [0.29, 0.717) is 11.8 Å². The molecular weight excluding hydrogens is 244 g/mol. The number of aldehydes is 1. The molecule has 2 fully saturated rings. The third-order valence-electron chi connectivity index (χ3n) is 6.42. The molecule has 0 aromatic heterocycles. The molecule has 0 amide bonds. The normalized spacial score (nSPS) is 38.6. The second kappa shape index (κ2) is 8.20. The fourth-order valence-corrected chi connectivity index (χ4v) is 4.69. The van der Waals surface area contributed by atoms with Crippen LogP contribution in [0.25, 0.3) is 0 Å². The highest BCUT2D eigenvalue weighted by atomic mass is 16.1. The van der Waals surface area contributed by atoms with Crippen LogP contribution in [0.4, 0.5) is 0 Å². The molecule has 0 saturated heterocycles. The predicted molar refractivity (Wildman–Crippen MR) is 85.6 cm³/mol. The van der Waals surface area contributed by atoms with Crippen LogP contribution in [0, 0.1) is 29.6 Å². The average molecular weight is 278 g/mol. The Morgan fingerprint density at radius 2 is 1.50 bits per heavy atom. The lowest BCUT2D eigenvalue weighted by atomic mass is 9.71. The molecule has 0 N–H and O–H groups in total. The van der Waals surface area contributed by atoms with Crippen molar-refractivity contribution in [2.24, 2.45) is 29.6 Å². The molecule has 5 unspecified atom stereocenters. The van der Waals surface area contributed by atoms with Crippen LogP contribution in [0.15, 0.2) is 0 Å². The van der Waals surface area contributed by atoms with E-state index in [0.717, 1.165) is 24.2 Å². The summed E-state index contributed by atoms with van der Waals surface area (Å²) < 4.78 is 0. The van der Waals surface area contributed by atoms with Crippen molar-refractivity contribution >= 4 is 6.29 Å². The highest BCUT2D eigenvalue weighted by Crippen LogP contribution is 2.38. The van der Waals surface area contributed by atoms with Gasteiger partial charge in [-0.15, -0.1) is 0 Å². The topological polar surface area (TPSA) is 17.1 Å². The number of carbonyl (C=O) groups excluding carboxylic acids is 1. The molecule has 1 heteroatoms. The molecule has 0 radical (unpaired) electrons. The van der Waals surface area contributed by atoms with E-state index in [2.05, 4.69) is 13.8 Å². The summed E-state index contributed by atoms with van der Waals surface area (Å²) in [5.41, 5.74) is 0. The lowest BCUT2D eigenvalue weighted by molar-refractivity contribution is -0.113. The Bertz CT molecular complexity index is 285. The highest BCUT2D eigenvalue weighted by Gasteiger charge is 2.27. The minimum absolute atomic E-state index is 0.386. The molecule has 0 aliphatic heterocycles. The van der Waals surface area contributed by atoms with Crippen molar-refractivity contribution in [3.63, 3.8) is 0 Å². The minimum Gasteiger partial charge on any atom is -0.303 e. The molecule has 0 heterocycles. The van der Waals surface area contributed by atoms with Gasteiger partial charge in [0.2, 0.25) is 0 Å². The van der Waals surface area contributed by atoms with Crippen molar-refractivity contribution < 1.29 is 4.79 Å². The summed E-state index contributed by atoms with van der Waals surface area (Å²) in [7, 11) is 0.